The molecular formula is C17H20N4O2. The number of carbonyl (C=O) groups excluding carboxylic acids is 1. The number of rotatable bonds is 8. The van der Waals surface area contributed by atoms with Crippen LogP contribution in [-0.2, 0) is 6.42 Å². The van der Waals surface area contributed by atoms with Crippen molar-refractivity contribution < 1.29 is 9.53 Å². The maximum Gasteiger partial charge on any atom is 0.270 e. The van der Waals surface area contributed by atoms with Crippen molar-refractivity contribution >= 4 is 11.9 Å². The molecule has 0 radical (unpaired) electrons. The molecule has 0 bridgehead atoms. The SMILES string of the molecule is C=CCNC(=O)c1ccnc(NCCc2ccc(OC)cc2)n1. The van der Waals surface area contributed by atoms with E-state index in [2.05, 4.69) is 27.2 Å². The quantitative estimate of drug-likeness (QED) is 0.730. The average Bonchev–Trinajstić information content (AvgIpc) is 2.60. The Morgan fingerprint density at radius 2 is 2.09 bits per heavy atom. The summed E-state index contributed by atoms with van der Waals surface area (Å²) in [6, 6.07) is 9.46. The summed E-state index contributed by atoms with van der Waals surface area (Å²) in [5.41, 5.74) is 1.51. The van der Waals surface area contributed by atoms with Crippen LogP contribution in [0.4, 0.5) is 5.95 Å². The number of anilines is 1. The Kier molecular flexibility index (Phi) is 6.11. The van der Waals surface area contributed by atoms with E-state index in [1.54, 1.807) is 25.4 Å². The second-order valence-corrected chi connectivity index (χ2v) is 4.79. The Bertz CT molecular complexity index is 656. The lowest BCUT2D eigenvalue weighted by atomic mass is 10.1. The average molecular weight is 312 g/mol. The Balaban J connectivity index is 1.87. The lowest BCUT2D eigenvalue weighted by Gasteiger charge is -2.07. The van der Waals surface area contributed by atoms with Crippen molar-refractivity contribution in [2.24, 2.45) is 0 Å². The summed E-state index contributed by atoms with van der Waals surface area (Å²) in [7, 11) is 1.64. The number of hydrogen-bond donors (Lipinski definition) is 2. The lowest BCUT2D eigenvalue weighted by Crippen LogP contribution is -2.24. The van der Waals surface area contributed by atoms with Gasteiger partial charge in [0.05, 0.1) is 7.11 Å². The monoisotopic (exact) mass is 312 g/mol. The van der Waals surface area contributed by atoms with Crippen molar-refractivity contribution in [3.8, 4) is 5.75 Å². The number of amides is 1. The first-order chi connectivity index (χ1) is 11.2. The maximum atomic E-state index is 11.8. The fourth-order valence-corrected chi connectivity index (χ4v) is 1.94. The number of ether oxygens (including phenoxy) is 1. The Morgan fingerprint density at radius 1 is 1.30 bits per heavy atom. The molecule has 0 spiro atoms. The summed E-state index contributed by atoms with van der Waals surface area (Å²) in [5, 5.41) is 5.80. The van der Waals surface area contributed by atoms with Crippen LogP contribution in [0.15, 0.2) is 49.2 Å². The van der Waals surface area contributed by atoms with Crippen molar-refractivity contribution in [2.45, 2.75) is 6.42 Å². The number of methoxy groups -OCH3 is 1. The fraction of sp³-hybridized carbons (Fsp3) is 0.235. The van der Waals surface area contributed by atoms with Crippen LogP contribution in [0.3, 0.4) is 0 Å². The van der Waals surface area contributed by atoms with Gasteiger partial charge in [-0.3, -0.25) is 4.79 Å². The van der Waals surface area contributed by atoms with Gasteiger partial charge in [0, 0.05) is 19.3 Å². The minimum Gasteiger partial charge on any atom is -0.497 e. The van der Waals surface area contributed by atoms with Crippen LogP contribution in [0.1, 0.15) is 16.1 Å². The maximum absolute atomic E-state index is 11.8. The number of nitrogens with zero attached hydrogens (tertiary/aromatic N) is 2. The van der Waals surface area contributed by atoms with E-state index in [0.29, 0.717) is 24.7 Å². The van der Waals surface area contributed by atoms with Crippen molar-refractivity contribution in [2.75, 3.05) is 25.5 Å². The molecule has 1 heterocycles. The molecule has 23 heavy (non-hydrogen) atoms. The predicted octanol–water partition coefficient (Wildman–Crippen LogP) is 2.06. The van der Waals surface area contributed by atoms with Gasteiger partial charge in [0.1, 0.15) is 11.4 Å². The minimum absolute atomic E-state index is 0.245. The molecule has 1 aromatic carbocycles. The number of aromatic nitrogens is 2. The molecule has 0 fully saturated rings. The molecule has 0 aliphatic heterocycles. The molecule has 2 rings (SSSR count). The normalized spacial score (nSPS) is 9.96. The van der Waals surface area contributed by atoms with E-state index < -0.39 is 0 Å². The van der Waals surface area contributed by atoms with Gasteiger partial charge >= 0.3 is 0 Å². The number of nitrogens with one attached hydrogen (secondary N) is 2. The molecule has 0 saturated heterocycles. The molecule has 0 saturated carbocycles. The van der Waals surface area contributed by atoms with Gasteiger partial charge in [-0.15, -0.1) is 6.58 Å². The summed E-state index contributed by atoms with van der Waals surface area (Å²) < 4.78 is 5.13. The summed E-state index contributed by atoms with van der Waals surface area (Å²) in [5.74, 6) is 1.03. The van der Waals surface area contributed by atoms with Crippen LogP contribution >= 0.6 is 0 Å². The van der Waals surface area contributed by atoms with Crippen molar-refractivity contribution in [1.29, 1.82) is 0 Å². The van der Waals surface area contributed by atoms with Crippen LogP contribution < -0.4 is 15.4 Å². The van der Waals surface area contributed by atoms with Crippen molar-refractivity contribution in [3.05, 3.63) is 60.4 Å². The highest BCUT2D eigenvalue weighted by Crippen LogP contribution is 2.11. The fourth-order valence-electron chi connectivity index (χ4n) is 1.94. The number of hydrogen-bond acceptors (Lipinski definition) is 5. The third-order valence-corrected chi connectivity index (χ3v) is 3.15. The summed E-state index contributed by atoms with van der Waals surface area (Å²) in [6.45, 7) is 4.63. The molecule has 0 unspecified atom stereocenters. The molecule has 0 atom stereocenters. The first-order valence-corrected chi connectivity index (χ1v) is 7.32. The van der Waals surface area contributed by atoms with Crippen LogP contribution in [-0.4, -0.2) is 36.1 Å². The molecule has 2 aromatic rings. The van der Waals surface area contributed by atoms with E-state index in [1.165, 1.54) is 5.56 Å². The highest BCUT2D eigenvalue weighted by Gasteiger charge is 2.07. The van der Waals surface area contributed by atoms with E-state index in [0.717, 1.165) is 12.2 Å². The van der Waals surface area contributed by atoms with Gasteiger partial charge in [0.25, 0.3) is 5.91 Å². The van der Waals surface area contributed by atoms with Gasteiger partial charge in [-0.05, 0) is 30.2 Å². The smallest absolute Gasteiger partial charge is 0.270 e. The van der Waals surface area contributed by atoms with E-state index in [1.807, 2.05) is 24.3 Å². The molecule has 6 heteroatoms. The third kappa shape index (κ3) is 5.10. The number of carbonyl (C=O) groups is 1. The summed E-state index contributed by atoms with van der Waals surface area (Å²) in [6.07, 6.45) is 4.00. The Morgan fingerprint density at radius 3 is 2.78 bits per heavy atom. The Hall–Kier alpha value is -2.89. The highest BCUT2D eigenvalue weighted by molar-refractivity contribution is 5.92. The topological polar surface area (TPSA) is 76.1 Å². The summed E-state index contributed by atoms with van der Waals surface area (Å²) in [4.78, 5) is 20.1. The largest absolute Gasteiger partial charge is 0.497 e. The van der Waals surface area contributed by atoms with Gasteiger partial charge in [0.15, 0.2) is 0 Å². The van der Waals surface area contributed by atoms with Gasteiger partial charge < -0.3 is 15.4 Å². The van der Waals surface area contributed by atoms with Crippen molar-refractivity contribution in [1.82, 2.24) is 15.3 Å². The van der Waals surface area contributed by atoms with Gasteiger partial charge in [-0.1, -0.05) is 18.2 Å². The molecule has 6 nitrogen and oxygen atoms in total. The van der Waals surface area contributed by atoms with Crippen LogP contribution in [0, 0.1) is 0 Å². The first-order valence-electron chi connectivity index (χ1n) is 7.32. The van der Waals surface area contributed by atoms with E-state index in [9.17, 15) is 4.79 Å². The third-order valence-electron chi connectivity index (χ3n) is 3.15. The molecular weight excluding hydrogens is 292 g/mol. The molecule has 120 valence electrons. The highest BCUT2D eigenvalue weighted by atomic mass is 16.5. The molecule has 1 aromatic heterocycles. The molecule has 1 amide bonds. The van der Waals surface area contributed by atoms with E-state index in [-0.39, 0.29) is 5.91 Å². The van der Waals surface area contributed by atoms with Gasteiger partial charge in [-0.2, -0.15) is 0 Å². The van der Waals surface area contributed by atoms with E-state index in [4.69, 9.17) is 4.74 Å². The minimum atomic E-state index is -0.245. The first kappa shape index (κ1) is 16.5. The lowest BCUT2D eigenvalue weighted by molar-refractivity contribution is 0.0953. The van der Waals surface area contributed by atoms with Gasteiger partial charge in [-0.25, -0.2) is 9.97 Å². The Labute approximate surface area is 135 Å². The summed E-state index contributed by atoms with van der Waals surface area (Å²) >= 11 is 0. The van der Waals surface area contributed by atoms with Crippen LogP contribution in [0.25, 0.3) is 0 Å². The van der Waals surface area contributed by atoms with Crippen LogP contribution in [0.2, 0.25) is 0 Å². The predicted molar refractivity (Wildman–Crippen MR) is 89.7 cm³/mol. The number of benzene rings is 1. The second kappa shape index (κ2) is 8.53. The second-order valence-electron chi connectivity index (χ2n) is 4.79. The van der Waals surface area contributed by atoms with Gasteiger partial charge in [0.2, 0.25) is 5.95 Å². The van der Waals surface area contributed by atoms with E-state index >= 15 is 0 Å². The zero-order valence-electron chi connectivity index (χ0n) is 13.1. The zero-order valence-corrected chi connectivity index (χ0v) is 13.1. The standard InChI is InChI=1S/C17H20N4O2/c1-3-10-18-16(22)15-9-12-20-17(21-15)19-11-8-13-4-6-14(23-2)7-5-13/h3-7,9,12H,1,8,10-11H2,2H3,(H,18,22)(H,19,20,21). The molecule has 0 aliphatic carbocycles. The molecule has 0 aliphatic rings. The van der Waals surface area contributed by atoms with Crippen LogP contribution in [0.5, 0.6) is 5.75 Å². The molecule has 2 N–H and O–H groups in total. The van der Waals surface area contributed by atoms with Crippen molar-refractivity contribution in [3.63, 3.8) is 0 Å². The zero-order chi connectivity index (χ0) is 16.5.